The van der Waals surface area contributed by atoms with E-state index >= 15 is 0 Å². The van der Waals surface area contributed by atoms with Crippen molar-refractivity contribution in [1.82, 2.24) is 5.32 Å². The minimum atomic E-state index is -0.204. The highest BCUT2D eigenvalue weighted by Crippen LogP contribution is 2.30. The fourth-order valence-corrected chi connectivity index (χ4v) is 2.96. The van der Waals surface area contributed by atoms with Crippen LogP contribution in [0.3, 0.4) is 0 Å². The molecule has 1 atom stereocenters. The van der Waals surface area contributed by atoms with Gasteiger partial charge in [-0.15, -0.1) is 0 Å². The average molecular weight is 417 g/mol. The summed E-state index contributed by atoms with van der Waals surface area (Å²) in [7, 11) is 0. The number of anilines is 1. The SMILES string of the molecule is C[C@H](NC(=O)COc1cccc(NC(=O)C2CC2)c1)c1cccc(Br)c1. The fraction of sp³-hybridized carbons (Fsp3) is 0.300. The number of benzene rings is 2. The molecule has 0 bridgehead atoms. The van der Waals surface area contributed by atoms with Crippen LogP contribution in [-0.4, -0.2) is 18.4 Å². The molecule has 0 heterocycles. The molecule has 2 aromatic rings. The van der Waals surface area contributed by atoms with Crippen molar-refractivity contribution in [3.8, 4) is 5.75 Å². The smallest absolute Gasteiger partial charge is 0.258 e. The Labute approximate surface area is 161 Å². The molecule has 6 heteroatoms. The first-order valence-corrected chi connectivity index (χ1v) is 9.39. The van der Waals surface area contributed by atoms with Gasteiger partial charge in [0.15, 0.2) is 6.61 Å². The van der Waals surface area contributed by atoms with Gasteiger partial charge in [0.2, 0.25) is 5.91 Å². The molecular formula is C20H21BrN2O3. The Morgan fingerprint density at radius 2 is 1.96 bits per heavy atom. The van der Waals surface area contributed by atoms with Gasteiger partial charge in [-0.1, -0.05) is 34.1 Å². The lowest BCUT2D eigenvalue weighted by atomic mass is 10.1. The first-order chi connectivity index (χ1) is 12.5. The first-order valence-electron chi connectivity index (χ1n) is 8.60. The number of rotatable bonds is 7. The van der Waals surface area contributed by atoms with Crippen LogP contribution in [0.25, 0.3) is 0 Å². The maximum absolute atomic E-state index is 12.1. The van der Waals surface area contributed by atoms with Crippen molar-refractivity contribution in [2.45, 2.75) is 25.8 Å². The molecule has 0 radical (unpaired) electrons. The summed E-state index contributed by atoms with van der Waals surface area (Å²) in [6, 6.07) is 14.8. The van der Waals surface area contributed by atoms with E-state index < -0.39 is 0 Å². The van der Waals surface area contributed by atoms with E-state index in [1.165, 1.54) is 0 Å². The number of carbonyl (C=O) groups excluding carboxylic acids is 2. The number of nitrogens with one attached hydrogen (secondary N) is 2. The third-order valence-corrected chi connectivity index (χ3v) is 4.64. The number of ether oxygens (including phenoxy) is 1. The molecule has 2 amide bonds. The Kier molecular flexibility index (Phi) is 5.93. The van der Waals surface area contributed by atoms with Crippen LogP contribution >= 0.6 is 15.9 Å². The van der Waals surface area contributed by atoms with E-state index in [-0.39, 0.29) is 30.4 Å². The predicted octanol–water partition coefficient (Wildman–Crippen LogP) is 4.05. The molecule has 1 saturated carbocycles. The molecule has 2 aromatic carbocycles. The molecule has 1 fully saturated rings. The van der Waals surface area contributed by atoms with Crippen LogP contribution in [0.15, 0.2) is 53.0 Å². The molecule has 0 saturated heterocycles. The van der Waals surface area contributed by atoms with Gasteiger partial charge in [-0.25, -0.2) is 0 Å². The van der Waals surface area contributed by atoms with Crippen molar-refractivity contribution >= 4 is 33.4 Å². The highest BCUT2D eigenvalue weighted by molar-refractivity contribution is 9.10. The van der Waals surface area contributed by atoms with Gasteiger partial charge in [0, 0.05) is 22.1 Å². The lowest BCUT2D eigenvalue weighted by molar-refractivity contribution is -0.123. The van der Waals surface area contributed by atoms with Gasteiger partial charge in [-0.3, -0.25) is 9.59 Å². The molecular weight excluding hydrogens is 396 g/mol. The summed E-state index contributed by atoms with van der Waals surface area (Å²) in [5.74, 6) is 0.529. The lowest BCUT2D eigenvalue weighted by Crippen LogP contribution is -2.31. The van der Waals surface area contributed by atoms with E-state index in [1.54, 1.807) is 18.2 Å². The van der Waals surface area contributed by atoms with Gasteiger partial charge in [0.25, 0.3) is 5.91 Å². The van der Waals surface area contributed by atoms with Crippen molar-refractivity contribution in [1.29, 1.82) is 0 Å². The normalized spacial score (nSPS) is 14.4. The zero-order valence-corrected chi connectivity index (χ0v) is 16.1. The van der Waals surface area contributed by atoms with Crippen LogP contribution in [0, 0.1) is 5.92 Å². The fourth-order valence-electron chi connectivity index (χ4n) is 2.54. The first kappa shape index (κ1) is 18.5. The van der Waals surface area contributed by atoms with Crippen molar-refractivity contribution < 1.29 is 14.3 Å². The molecule has 0 spiro atoms. The average Bonchev–Trinajstić information content (AvgIpc) is 3.45. The van der Waals surface area contributed by atoms with Crippen LogP contribution in [0.1, 0.15) is 31.4 Å². The minimum Gasteiger partial charge on any atom is -0.484 e. The molecule has 0 aromatic heterocycles. The van der Waals surface area contributed by atoms with Gasteiger partial charge in [0.05, 0.1) is 6.04 Å². The van der Waals surface area contributed by atoms with E-state index in [0.717, 1.165) is 22.9 Å². The van der Waals surface area contributed by atoms with E-state index in [2.05, 4.69) is 26.6 Å². The summed E-state index contributed by atoms with van der Waals surface area (Å²) in [6.45, 7) is 1.84. The molecule has 136 valence electrons. The van der Waals surface area contributed by atoms with Crippen LogP contribution in [0.4, 0.5) is 5.69 Å². The zero-order chi connectivity index (χ0) is 18.5. The maximum atomic E-state index is 12.1. The number of amides is 2. The summed E-state index contributed by atoms with van der Waals surface area (Å²) in [6.07, 6.45) is 1.91. The molecule has 26 heavy (non-hydrogen) atoms. The van der Waals surface area contributed by atoms with E-state index in [1.807, 2.05) is 37.3 Å². The molecule has 0 unspecified atom stereocenters. The Bertz CT molecular complexity index is 805. The maximum Gasteiger partial charge on any atom is 0.258 e. The van der Waals surface area contributed by atoms with Crippen molar-refractivity contribution in [2.75, 3.05) is 11.9 Å². The Morgan fingerprint density at radius 1 is 1.19 bits per heavy atom. The Hall–Kier alpha value is -2.34. The Balaban J connectivity index is 1.50. The summed E-state index contributed by atoms with van der Waals surface area (Å²) in [5.41, 5.74) is 1.69. The molecule has 1 aliphatic rings. The summed E-state index contributed by atoms with van der Waals surface area (Å²) in [5, 5.41) is 5.78. The lowest BCUT2D eigenvalue weighted by Gasteiger charge is -2.15. The number of carbonyl (C=O) groups is 2. The van der Waals surface area contributed by atoms with Gasteiger partial charge < -0.3 is 15.4 Å². The van der Waals surface area contributed by atoms with Crippen LogP contribution in [0.2, 0.25) is 0 Å². The van der Waals surface area contributed by atoms with Gasteiger partial charge in [-0.2, -0.15) is 0 Å². The number of halogens is 1. The number of hydrogen-bond acceptors (Lipinski definition) is 3. The third kappa shape index (κ3) is 5.33. The topological polar surface area (TPSA) is 67.4 Å². The predicted molar refractivity (Wildman–Crippen MR) is 104 cm³/mol. The minimum absolute atomic E-state index is 0.0442. The van der Waals surface area contributed by atoms with E-state index in [4.69, 9.17) is 4.74 Å². The van der Waals surface area contributed by atoms with E-state index in [9.17, 15) is 9.59 Å². The van der Waals surface area contributed by atoms with Gasteiger partial charge >= 0.3 is 0 Å². The molecule has 0 aliphatic heterocycles. The third-order valence-electron chi connectivity index (χ3n) is 4.15. The Morgan fingerprint density at radius 3 is 2.69 bits per heavy atom. The largest absolute Gasteiger partial charge is 0.484 e. The van der Waals surface area contributed by atoms with Crippen molar-refractivity contribution in [3.63, 3.8) is 0 Å². The summed E-state index contributed by atoms with van der Waals surface area (Å²) >= 11 is 3.43. The monoisotopic (exact) mass is 416 g/mol. The zero-order valence-electron chi connectivity index (χ0n) is 14.5. The van der Waals surface area contributed by atoms with Gasteiger partial charge in [0.1, 0.15) is 5.75 Å². The highest BCUT2D eigenvalue weighted by Gasteiger charge is 2.29. The summed E-state index contributed by atoms with van der Waals surface area (Å²) < 4.78 is 6.52. The highest BCUT2D eigenvalue weighted by atomic mass is 79.9. The number of hydrogen-bond donors (Lipinski definition) is 2. The van der Waals surface area contributed by atoms with Crippen LogP contribution in [0.5, 0.6) is 5.75 Å². The second-order valence-corrected chi connectivity index (χ2v) is 7.34. The molecule has 5 nitrogen and oxygen atoms in total. The van der Waals surface area contributed by atoms with E-state index in [0.29, 0.717) is 11.4 Å². The van der Waals surface area contributed by atoms with Crippen LogP contribution < -0.4 is 15.4 Å². The summed E-state index contributed by atoms with van der Waals surface area (Å²) in [4.78, 5) is 23.9. The second kappa shape index (κ2) is 8.36. The molecule has 1 aliphatic carbocycles. The standard InChI is InChI=1S/C20H21BrN2O3/c1-13(15-4-2-5-16(21)10-15)22-19(24)12-26-18-7-3-6-17(11-18)23-20(25)14-8-9-14/h2-7,10-11,13-14H,8-9,12H2,1H3,(H,22,24)(H,23,25)/t13-/m0/s1. The van der Waals surface area contributed by atoms with Crippen LogP contribution in [-0.2, 0) is 9.59 Å². The quantitative estimate of drug-likeness (QED) is 0.714. The van der Waals surface area contributed by atoms with Crippen molar-refractivity contribution in [2.24, 2.45) is 5.92 Å². The molecule has 2 N–H and O–H groups in total. The van der Waals surface area contributed by atoms with Gasteiger partial charge in [-0.05, 0) is 49.6 Å². The van der Waals surface area contributed by atoms with Crippen molar-refractivity contribution in [3.05, 3.63) is 58.6 Å². The molecule has 3 rings (SSSR count). The second-order valence-electron chi connectivity index (χ2n) is 6.42.